The highest BCUT2D eigenvalue weighted by Gasteiger charge is 2.51. The van der Waals surface area contributed by atoms with Gasteiger partial charge in [-0.1, -0.05) is 221 Å². The van der Waals surface area contributed by atoms with E-state index in [1.165, 1.54) is 128 Å². The number of ether oxygens (including phenoxy) is 4. The van der Waals surface area contributed by atoms with Crippen LogP contribution in [-0.4, -0.2) is 140 Å². The van der Waals surface area contributed by atoms with E-state index in [4.69, 9.17) is 18.9 Å². The van der Waals surface area contributed by atoms with Crippen molar-refractivity contribution in [1.82, 2.24) is 5.32 Å². The van der Waals surface area contributed by atoms with Crippen molar-refractivity contribution < 1.29 is 64.6 Å². The fraction of sp³-hybridized carbons (Fsp3) is 0.762. The maximum atomic E-state index is 13.2. The minimum atomic E-state index is -1.80. The summed E-state index contributed by atoms with van der Waals surface area (Å²) in [6, 6.07) is -0.981. The molecule has 2 saturated heterocycles. The number of rotatable bonds is 47. The van der Waals surface area contributed by atoms with Gasteiger partial charge in [0, 0.05) is 6.42 Å². The third kappa shape index (κ3) is 33.5. The van der Waals surface area contributed by atoms with Crippen LogP contribution in [0.4, 0.5) is 0 Å². The van der Waals surface area contributed by atoms with E-state index >= 15 is 0 Å². The van der Waals surface area contributed by atoms with E-state index in [0.29, 0.717) is 12.8 Å². The second-order valence-corrected chi connectivity index (χ2v) is 21.1. The second-order valence-electron chi connectivity index (χ2n) is 21.1. The first-order valence-electron chi connectivity index (χ1n) is 30.3. The van der Waals surface area contributed by atoms with E-state index in [1.54, 1.807) is 6.08 Å². The summed E-state index contributed by atoms with van der Waals surface area (Å²) in [7, 11) is 0. The molecule has 2 heterocycles. The number of aliphatic hydroxyl groups excluding tert-OH is 8. The molecule has 2 fully saturated rings. The van der Waals surface area contributed by atoms with E-state index in [-0.39, 0.29) is 18.9 Å². The molecule has 2 aliphatic heterocycles. The SMILES string of the molecule is CC/C=C\C/C=C\C/C=C\C/C=C\CCC(=O)NC(COC1OC(CO)C(OC2OC(CO)C(O)C(O)C2O)C(O)C1O)C(O)/C=C/CC/C=C/CC/C=C/CCCCCCCCCCCCCCCCCCCCCC. The van der Waals surface area contributed by atoms with E-state index in [1.807, 2.05) is 18.2 Å². The summed E-state index contributed by atoms with van der Waals surface area (Å²) < 4.78 is 22.7. The molecule has 12 unspecified atom stereocenters. The topological polar surface area (TPSA) is 228 Å². The van der Waals surface area contributed by atoms with Gasteiger partial charge >= 0.3 is 0 Å². The summed E-state index contributed by atoms with van der Waals surface area (Å²) >= 11 is 0. The van der Waals surface area contributed by atoms with Gasteiger partial charge in [-0.15, -0.1) is 0 Å². The standard InChI is InChI=1S/C63H109NO13/c1-3-5-7-9-11-13-15-17-18-19-20-21-22-23-24-25-26-27-28-29-30-31-32-33-35-36-38-40-42-44-46-52(67)51(64-55(68)47-45-43-41-39-37-34-16-14-12-10-8-6-4-2)50-74-62-60(73)58(71)61(54(49-66)76-62)77-63-59(72)57(70)56(69)53(48-65)75-63/h6,8,12,14,31-32,34,36-38,41,43-44,46,51-54,56-63,65-67,69-73H,3-5,7,9-11,13,15-30,33,35,39-40,42,45,47-50H2,1-2H3,(H,64,68)/b8-6-,14-12-,32-31+,37-34-,38-36+,43-41-,46-44+. The van der Waals surface area contributed by atoms with Crippen LogP contribution in [0.2, 0.25) is 0 Å². The van der Waals surface area contributed by atoms with Gasteiger partial charge in [-0.05, 0) is 70.6 Å². The molecule has 9 N–H and O–H groups in total. The van der Waals surface area contributed by atoms with Crippen LogP contribution >= 0.6 is 0 Å². The highest BCUT2D eigenvalue weighted by Crippen LogP contribution is 2.30. The van der Waals surface area contributed by atoms with Crippen LogP contribution in [0.15, 0.2) is 85.1 Å². The first-order chi connectivity index (χ1) is 37.6. The van der Waals surface area contributed by atoms with Crippen LogP contribution < -0.4 is 5.32 Å². The maximum absolute atomic E-state index is 13.2. The molecular weight excluding hydrogens is 979 g/mol. The first kappa shape index (κ1) is 70.3. The van der Waals surface area contributed by atoms with Gasteiger partial charge < -0.3 is 65.1 Å². The lowest BCUT2D eigenvalue weighted by atomic mass is 9.97. The molecule has 0 bridgehead atoms. The predicted molar refractivity (Wildman–Crippen MR) is 309 cm³/mol. The summed E-state index contributed by atoms with van der Waals surface area (Å²) in [6.45, 7) is 2.60. The Balaban J connectivity index is 1.74. The highest BCUT2D eigenvalue weighted by atomic mass is 16.7. The molecule has 77 heavy (non-hydrogen) atoms. The highest BCUT2D eigenvalue weighted by molar-refractivity contribution is 5.76. The number of unbranched alkanes of at least 4 members (excludes halogenated alkanes) is 22. The van der Waals surface area contributed by atoms with Crippen molar-refractivity contribution in [2.75, 3.05) is 19.8 Å². The lowest BCUT2D eigenvalue weighted by Gasteiger charge is -2.46. The van der Waals surface area contributed by atoms with Crippen molar-refractivity contribution in [3.05, 3.63) is 85.1 Å². The fourth-order valence-corrected chi connectivity index (χ4v) is 9.45. The Morgan fingerprint density at radius 2 is 0.909 bits per heavy atom. The zero-order chi connectivity index (χ0) is 56.0. The van der Waals surface area contributed by atoms with Crippen molar-refractivity contribution >= 4 is 5.91 Å². The molecule has 0 aromatic carbocycles. The van der Waals surface area contributed by atoms with E-state index in [9.17, 15) is 45.6 Å². The summed E-state index contributed by atoms with van der Waals surface area (Å²) in [6.07, 6.45) is 48.2. The van der Waals surface area contributed by atoms with Gasteiger partial charge in [0.15, 0.2) is 12.6 Å². The molecule has 1 amide bonds. The van der Waals surface area contributed by atoms with Gasteiger partial charge in [-0.25, -0.2) is 0 Å². The van der Waals surface area contributed by atoms with Gasteiger partial charge in [-0.2, -0.15) is 0 Å². The first-order valence-corrected chi connectivity index (χ1v) is 30.3. The molecule has 12 atom stereocenters. The molecule has 0 aliphatic carbocycles. The third-order valence-corrected chi connectivity index (χ3v) is 14.3. The molecule has 0 aromatic heterocycles. The van der Waals surface area contributed by atoms with Crippen LogP contribution in [0, 0.1) is 0 Å². The van der Waals surface area contributed by atoms with E-state index in [2.05, 4.69) is 79.9 Å². The number of aliphatic hydroxyl groups is 8. The van der Waals surface area contributed by atoms with Crippen molar-refractivity contribution in [2.45, 2.75) is 286 Å². The van der Waals surface area contributed by atoms with Crippen LogP contribution in [0.25, 0.3) is 0 Å². The Labute approximate surface area is 465 Å². The second kappa shape index (κ2) is 47.9. The van der Waals surface area contributed by atoms with Crippen LogP contribution in [0.1, 0.15) is 213 Å². The predicted octanol–water partition coefficient (Wildman–Crippen LogP) is 10.5. The largest absolute Gasteiger partial charge is 0.394 e. The molecule has 0 saturated carbocycles. The zero-order valence-corrected chi connectivity index (χ0v) is 47.7. The van der Waals surface area contributed by atoms with Crippen molar-refractivity contribution in [2.24, 2.45) is 0 Å². The number of hydrogen-bond donors (Lipinski definition) is 9. The van der Waals surface area contributed by atoms with Crippen LogP contribution in [-0.2, 0) is 23.7 Å². The lowest BCUT2D eigenvalue weighted by molar-refractivity contribution is -0.359. The zero-order valence-electron chi connectivity index (χ0n) is 47.7. The smallest absolute Gasteiger partial charge is 0.220 e. The number of hydrogen-bond acceptors (Lipinski definition) is 13. The summed E-state index contributed by atoms with van der Waals surface area (Å²) in [4.78, 5) is 13.2. The number of allylic oxidation sites excluding steroid dienone is 13. The molecule has 14 nitrogen and oxygen atoms in total. The quantitative estimate of drug-likeness (QED) is 0.0204. The Hall–Kier alpha value is -2.83. The molecule has 2 rings (SSSR count). The average Bonchev–Trinajstić information content (AvgIpc) is 3.44. The van der Waals surface area contributed by atoms with Gasteiger partial charge in [0.2, 0.25) is 5.91 Å². The summed E-state index contributed by atoms with van der Waals surface area (Å²) in [5, 5.41) is 86.9. The molecule has 0 spiro atoms. The lowest BCUT2D eigenvalue weighted by Crippen LogP contribution is -2.65. The molecule has 444 valence electrons. The number of nitrogens with one attached hydrogen (secondary N) is 1. The molecule has 2 aliphatic rings. The third-order valence-electron chi connectivity index (χ3n) is 14.3. The van der Waals surface area contributed by atoms with E-state index in [0.717, 1.165) is 51.4 Å². The van der Waals surface area contributed by atoms with Gasteiger partial charge in [0.1, 0.15) is 48.8 Å². The van der Waals surface area contributed by atoms with Gasteiger partial charge in [0.05, 0.1) is 32.0 Å². The molecule has 0 radical (unpaired) electrons. The molecule has 14 heteroatoms. The average molecular weight is 1090 g/mol. The molecular formula is C63H109NO13. The van der Waals surface area contributed by atoms with Crippen molar-refractivity contribution in [3.63, 3.8) is 0 Å². The Morgan fingerprint density at radius 3 is 1.42 bits per heavy atom. The maximum Gasteiger partial charge on any atom is 0.220 e. The van der Waals surface area contributed by atoms with Crippen LogP contribution in [0.3, 0.4) is 0 Å². The molecule has 0 aromatic rings. The normalized spacial score (nSPS) is 25.3. The number of carbonyl (C=O) groups excluding carboxylic acids is 1. The van der Waals surface area contributed by atoms with Crippen LogP contribution in [0.5, 0.6) is 0 Å². The minimum absolute atomic E-state index is 0.144. The Bertz CT molecular complexity index is 1610. The van der Waals surface area contributed by atoms with Crippen molar-refractivity contribution in [1.29, 1.82) is 0 Å². The fourth-order valence-electron chi connectivity index (χ4n) is 9.45. The monoisotopic (exact) mass is 1090 g/mol. The van der Waals surface area contributed by atoms with Gasteiger partial charge in [0.25, 0.3) is 0 Å². The summed E-state index contributed by atoms with van der Waals surface area (Å²) in [5.41, 5.74) is 0. The number of amides is 1. The Kier molecular flexibility index (Phi) is 43.7. The van der Waals surface area contributed by atoms with Crippen molar-refractivity contribution in [3.8, 4) is 0 Å². The van der Waals surface area contributed by atoms with E-state index < -0.39 is 86.8 Å². The minimum Gasteiger partial charge on any atom is -0.394 e. The summed E-state index contributed by atoms with van der Waals surface area (Å²) in [5.74, 6) is -0.336. The number of carbonyl (C=O) groups is 1. The Morgan fingerprint density at radius 1 is 0.481 bits per heavy atom. The van der Waals surface area contributed by atoms with Gasteiger partial charge in [-0.3, -0.25) is 4.79 Å².